The van der Waals surface area contributed by atoms with Gasteiger partial charge in [-0.1, -0.05) is 135 Å². The maximum Gasteiger partial charge on any atom is 0.0542 e. The smallest absolute Gasteiger partial charge is 0.0542 e. The minimum Gasteiger partial charge on any atom is -0.310 e. The molecule has 0 saturated heterocycles. The highest BCUT2D eigenvalue weighted by Gasteiger charge is 2.47. The second-order valence-corrected chi connectivity index (χ2v) is 16.6. The van der Waals surface area contributed by atoms with Gasteiger partial charge < -0.3 is 9.47 Å². The number of para-hydroxylation sites is 2. The summed E-state index contributed by atoms with van der Waals surface area (Å²) in [4.78, 5) is 2.50. The summed E-state index contributed by atoms with van der Waals surface area (Å²) in [7, 11) is 0. The number of hydrogen-bond acceptors (Lipinski definition) is 1. The van der Waals surface area contributed by atoms with Gasteiger partial charge in [-0.2, -0.15) is 0 Å². The quantitative estimate of drug-likeness (QED) is 0.176. The van der Waals surface area contributed by atoms with E-state index >= 15 is 0 Å². The van der Waals surface area contributed by atoms with E-state index in [0.29, 0.717) is 0 Å². The fourth-order valence-corrected chi connectivity index (χ4v) is 10.8. The Kier molecular flexibility index (Phi) is 6.47. The molecule has 9 aromatic rings. The van der Waals surface area contributed by atoms with Crippen molar-refractivity contribution >= 4 is 38.9 Å². The first kappa shape index (κ1) is 31.7. The summed E-state index contributed by atoms with van der Waals surface area (Å²) in [6.45, 7) is 4.72. The third-order valence-corrected chi connectivity index (χ3v) is 13.4. The van der Waals surface area contributed by atoms with Crippen LogP contribution in [0.3, 0.4) is 0 Å². The largest absolute Gasteiger partial charge is 0.310 e. The SMILES string of the molecule is CC1(C)c2ccccc2-c2cc(N(c3ccc4c(c3)-c3ccccc3C43Cc4ccccc4C3)c3ccc4c(c3)c3ccccc3n4-c3ccccc3)ccc21. The van der Waals surface area contributed by atoms with E-state index in [1.165, 1.54) is 88.8 Å². The molecule has 1 spiro atoms. The van der Waals surface area contributed by atoms with Crippen molar-refractivity contribution in [3.8, 4) is 27.9 Å². The first-order chi connectivity index (χ1) is 27.5. The van der Waals surface area contributed by atoms with Crippen molar-refractivity contribution in [1.29, 1.82) is 0 Å². The Morgan fingerprint density at radius 2 is 0.911 bits per heavy atom. The van der Waals surface area contributed by atoms with Crippen LogP contribution in [0.15, 0.2) is 182 Å². The van der Waals surface area contributed by atoms with Crippen LogP contribution in [0.1, 0.15) is 47.2 Å². The average molecular weight is 717 g/mol. The Morgan fingerprint density at radius 3 is 1.66 bits per heavy atom. The van der Waals surface area contributed by atoms with Gasteiger partial charge in [0.2, 0.25) is 0 Å². The van der Waals surface area contributed by atoms with Gasteiger partial charge >= 0.3 is 0 Å². The molecule has 0 bridgehead atoms. The molecule has 266 valence electrons. The van der Waals surface area contributed by atoms with Crippen LogP contribution in [0, 0.1) is 0 Å². The van der Waals surface area contributed by atoms with Crippen LogP contribution >= 0.6 is 0 Å². The Balaban J connectivity index is 1.09. The van der Waals surface area contributed by atoms with Gasteiger partial charge in [0.15, 0.2) is 0 Å². The maximum absolute atomic E-state index is 2.50. The van der Waals surface area contributed by atoms with Gasteiger partial charge in [0.25, 0.3) is 0 Å². The normalized spacial score (nSPS) is 15.1. The molecule has 56 heavy (non-hydrogen) atoms. The van der Waals surface area contributed by atoms with E-state index in [1.807, 2.05) is 0 Å². The van der Waals surface area contributed by atoms with Crippen LogP contribution < -0.4 is 4.90 Å². The molecule has 2 nitrogen and oxygen atoms in total. The lowest BCUT2D eigenvalue weighted by Gasteiger charge is -2.29. The van der Waals surface area contributed by atoms with Gasteiger partial charge in [-0.15, -0.1) is 0 Å². The van der Waals surface area contributed by atoms with Crippen molar-refractivity contribution in [2.45, 2.75) is 37.5 Å². The molecule has 1 aromatic heterocycles. The molecule has 0 fully saturated rings. The van der Waals surface area contributed by atoms with Gasteiger partial charge in [0.1, 0.15) is 0 Å². The standard InChI is InChI=1S/C54H40N2/c1-53(2)47-21-11-8-18-41(47)44-30-38(24-27-48(44)53)55(40-26-29-52-46(32-40)43-20-10-13-23-51(43)56(52)37-16-4-3-5-17-37)39-25-28-50-45(31-39)42-19-9-12-22-49(42)54(50)33-35-14-6-7-15-36(35)34-54/h3-32H,33-34H2,1-2H3. The van der Waals surface area contributed by atoms with E-state index in [4.69, 9.17) is 0 Å². The van der Waals surface area contributed by atoms with Gasteiger partial charge in [0.05, 0.1) is 11.0 Å². The van der Waals surface area contributed by atoms with E-state index in [-0.39, 0.29) is 10.8 Å². The molecular formula is C54H40N2. The third kappa shape index (κ3) is 4.27. The maximum atomic E-state index is 2.50. The van der Waals surface area contributed by atoms with Crippen molar-refractivity contribution in [1.82, 2.24) is 4.57 Å². The zero-order valence-corrected chi connectivity index (χ0v) is 31.6. The molecular weight excluding hydrogens is 677 g/mol. The molecule has 1 heterocycles. The molecule has 3 aliphatic carbocycles. The minimum absolute atomic E-state index is 0.0417. The van der Waals surface area contributed by atoms with Crippen molar-refractivity contribution in [2.24, 2.45) is 0 Å². The molecule has 0 N–H and O–H groups in total. The predicted octanol–water partition coefficient (Wildman–Crippen LogP) is 13.6. The van der Waals surface area contributed by atoms with E-state index in [1.54, 1.807) is 0 Å². The summed E-state index contributed by atoms with van der Waals surface area (Å²) in [6.07, 6.45) is 2.08. The number of rotatable bonds is 4. The second kappa shape index (κ2) is 11.4. The molecule has 0 amide bonds. The van der Waals surface area contributed by atoms with Gasteiger partial charge in [-0.05, 0) is 129 Å². The van der Waals surface area contributed by atoms with E-state index in [2.05, 4.69) is 205 Å². The Labute approximate surface area is 327 Å². The zero-order chi connectivity index (χ0) is 37.2. The molecule has 0 atom stereocenters. The molecule has 2 heteroatoms. The second-order valence-electron chi connectivity index (χ2n) is 16.6. The Bertz CT molecular complexity index is 3050. The fourth-order valence-electron chi connectivity index (χ4n) is 10.8. The predicted molar refractivity (Wildman–Crippen MR) is 233 cm³/mol. The van der Waals surface area contributed by atoms with Crippen molar-refractivity contribution in [3.05, 3.63) is 215 Å². The first-order valence-corrected chi connectivity index (χ1v) is 19.9. The fraction of sp³-hybridized carbons (Fsp3) is 0.111. The number of fused-ring (bicyclic) bond motifs is 12. The summed E-state index contributed by atoms with van der Waals surface area (Å²) in [5.74, 6) is 0. The molecule has 0 aliphatic heterocycles. The van der Waals surface area contributed by atoms with Gasteiger partial charge in [-0.25, -0.2) is 0 Å². The molecule has 3 aliphatic rings. The number of hydrogen-bond donors (Lipinski definition) is 0. The Hall–Kier alpha value is -6.64. The highest BCUT2D eigenvalue weighted by atomic mass is 15.1. The Morgan fingerprint density at radius 1 is 0.411 bits per heavy atom. The van der Waals surface area contributed by atoms with Crippen molar-refractivity contribution in [3.63, 3.8) is 0 Å². The van der Waals surface area contributed by atoms with Crippen LogP contribution in [-0.2, 0) is 23.7 Å². The molecule has 8 aromatic carbocycles. The number of benzene rings is 8. The lowest BCUT2D eigenvalue weighted by atomic mass is 9.75. The summed E-state index contributed by atoms with van der Waals surface area (Å²) in [6, 6.07) is 68.3. The lowest BCUT2D eigenvalue weighted by Crippen LogP contribution is -2.25. The molecule has 0 saturated carbocycles. The van der Waals surface area contributed by atoms with Crippen molar-refractivity contribution in [2.75, 3.05) is 4.90 Å². The summed E-state index contributed by atoms with van der Waals surface area (Å²) >= 11 is 0. The van der Waals surface area contributed by atoms with E-state index < -0.39 is 0 Å². The highest BCUT2D eigenvalue weighted by molar-refractivity contribution is 6.11. The molecule has 12 rings (SSSR count). The van der Waals surface area contributed by atoms with E-state index in [0.717, 1.165) is 24.2 Å². The summed E-state index contributed by atoms with van der Waals surface area (Å²) in [5.41, 5.74) is 21.0. The van der Waals surface area contributed by atoms with Crippen LogP contribution in [0.5, 0.6) is 0 Å². The number of nitrogens with zero attached hydrogens (tertiary/aromatic N) is 2. The topological polar surface area (TPSA) is 8.17 Å². The van der Waals surface area contributed by atoms with Gasteiger partial charge in [-0.3, -0.25) is 0 Å². The van der Waals surface area contributed by atoms with Gasteiger partial charge in [0, 0.05) is 44.4 Å². The van der Waals surface area contributed by atoms with Crippen LogP contribution in [0.4, 0.5) is 17.1 Å². The monoisotopic (exact) mass is 716 g/mol. The lowest BCUT2D eigenvalue weighted by molar-refractivity contribution is 0.563. The van der Waals surface area contributed by atoms with Crippen molar-refractivity contribution < 1.29 is 0 Å². The summed E-state index contributed by atoms with van der Waals surface area (Å²) in [5, 5.41) is 2.50. The summed E-state index contributed by atoms with van der Waals surface area (Å²) < 4.78 is 2.40. The van der Waals surface area contributed by atoms with Crippen LogP contribution in [0.2, 0.25) is 0 Å². The van der Waals surface area contributed by atoms with Crippen LogP contribution in [0.25, 0.3) is 49.7 Å². The molecule has 0 unspecified atom stereocenters. The minimum atomic E-state index is -0.0576. The number of anilines is 3. The van der Waals surface area contributed by atoms with Crippen LogP contribution in [-0.4, -0.2) is 4.57 Å². The average Bonchev–Trinajstić information content (AvgIpc) is 3.94. The highest BCUT2D eigenvalue weighted by Crippen LogP contribution is 2.57. The first-order valence-electron chi connectivity index (χ1n) is 19.9. The third-order valence-electron chi connectivity index (χ3n) is 13.4. The van der Waals surface area contributed by atoms with E-state index in [9.17, 15) is 0 Å². The number of aromatic nitrogens is 1. The molecule has 0 radical (unpaired) electrons. The zero-order valence-electron chi connectivity index (χ0n) is 31.6.